The van der Waals surface area contributed by atoms with E-state index in [4.69, 9.17) is 0 Å². The van der Waals surface area contributed by atoms with Crippen molar-refractivity contribution in [1.29, 1.82) is 0 Å². The lowest BCUT2D eigenvalue weighted by Crippen LogP contribution is -1.93. The van der Waals surface area contributed by atoms with Crippen LogP contribution in [0, 0.1) is 0 Å². The molecular formula is C14H11P. The molecule has 0 radical (unpaired) electrons. The van der Waals surface area contributed by atoms with Crippen LogP contribution in [-0.2, 0) is 0 Å². The molecule has 0 amide bonds. The molecule has 0 spiro atoms. The highest BCUT2D eigenvalue weighted by Crippen LogP contribution is 2.24. The Balaban J connectivity index is 2.64. The molecule has 1 heteroatoms. The molecule has 3 rings (SSSR count). The van der Waals surface area contributed by atoms with Crippen molar-refractivity contribution in [3.63, 3.8) is 0 Å². The summed E-state index contributed by atoms with van der Waals surface area (Å²) in [6.07, 6.45) is 0. The van der Waals surface area contributed by atoms with Gasteiger partial charge < -0.3 is 0 Å². The van der Waals surface area contributed by atoms with E-state index in [2.05, 4.69) is 63.8 Å². The molecule has 0 aliphatic rings. The van der Waals surface area contributed by atoms with Gasteiger partial charge in [0.1, 0.15) is 0 Å². The lowest BCUT2D eigenvalue weighted by atomic mass is 10.0. The van der Waals surface area contributed by atoms with Crippen LogP contribution in [0.25, 0.3) is 21.5 Å². The molecule has 0 nitrogen and oxygen atoms in total. The molecule has 3 aromatic rings. The first-order valence-electron chi connectivity index (χ1n) is 5.02. The van der Waals surface area contributed by atoms with Gasteiger partial charge in [0.25, 0.3) is 0 Å². The summed E-state index contributed by atoms with van der Waals surface area (Å²) in [6, 6.07) is 19.3. The maximum atomic E-state index is 2.82. The zero-order valence-corrected chi connectivity index (χ0v) is 9.43. The van der Waals surface area contributed by atoms with Gasteiger partial charge in [0, 0.05) is 0 Å². The van der Waals surface area contributed by atoms with Crippen LogP contribution in [0.5, 0.6) is 0 Å². The second-order valence-electron chi connectivity index (χ2n) is 3.73. The predicted molar refractivity (Wildman–Crippen MR) is 70.8 cm³/mol. The van der Waals surface area contributed by atoms with Gasteiger partial charge in [-0.15, -0.1) is 9.24 Å². The number of fused-ring (bicyclic) bond motifs is 3. The maximum Gasteiger partial charge on any atom is -0.00992 e. The van der Waals surface area contributed by atoms with Crippen molar-refractivity contribution in [3.05, 3.63) is 54.6 Å². The molecule has 0 fully saturated rings. The van der Waals surface area contributed by atoms with Gasteiger partial charge in [-0.25, -0.2) is 0 Å². The minimum absolute atomic E-state index is 1.27. The molecule has 0 aromatic heterocycles. The number of hydrogen-bond donors (Lipinski definition) is 0. The molecule has 3 aromatic carbocycles. The summed E-state index contributed by atoms with van der Waals surface area (Å²) in [5.74, 6) is 0. The second-order valence-corrected chi connectivity index (χ2v) is 4.35. The summed E-state index contributed by atoms with van der Waals surface area (Å²) in [7, 11) is 2.82. The van der Waals surface area contributed by atoms with Gasteiger partial charge in [-0.1, -0.05) is 48.5 Å². The molecule has 1 unspecified atom stereocenters. The van der Waals surface area contributed by atoms with Crippen LogP contribution in [-0.4, -0.2) is 0 Å². The third-order valence-corrected chi connectivity index (χ3v) is 3.28. The van der Waals surface area contributed by atoms with Crippen molar-refractivity contribution < 1.29 is 0 Å². The minimum Gasteiger partial charge on any atom is -0.105 e. The van der Waals surface area contributed by atoms with Crippen LogP contribution >= 0.6 is 9.24 Å². The lowest BCUT2D eigenvalue weighted by Gasteiger charge is -2.06. The first kappa shape index (κ1) is 8.88. The quantitative estimate of drug-likeness (QED) is 0.393. The van der Waals surface area contributed by atoms with Crippen molar-refractivity contribution in [2.45, 2.75) is 0 Å². The van der Waals surface area contributed by atoms with E-state index >= 15 is 0 Å². The first-order chi connectivity index (χ1) is 7.36. The van der Waals surface area contributed by atoms with Crippen LogP contribution in [0.15, 0.2) is 54.6 Å². The van der Waals surface area contributed by atoms with E-state index in [1.54, 1.807) is 0 Å². The largest absolute Gasteiger partial charge is 0.105 e. The molecule has 72 valence electrons. The molecule has 0 N–H and O–H groups in total. The van der Waals surface area contributed by atoms with Crippen molar-refractivity contribution in [2.75, 3.05) is 0 Å². The van der Waals surface area contributed by atoms with Crippen molar-refractivity contribution >= 4 is 36.1 Å². The van der Waals surface area contributed by atoms with Gasteiger partial charge in [0.2, 0.25) is 0 Å². The summed E-state index contributed by atoms with van der Waals surface area (Å²) in [5, 5.41) is 6.56. The fourth-order valence-electron chi connectivity index (χ4n) is 2.08. The predicted octanol–water partition coefficient (Wildman–Crippen LogP) is 3.49. The van der Waals surface area contributed by atoms with Gasteiger partial charge >= 0.3 is 0 Å². The van der Waals surface area contributed by atoms with Crippen molar-refractivity contribution in [1.82, 2.24) is 0 Å². The van der Waals surface area contributed by atoms with E-state index in [1.165, 1.54) is 26.8 Å². The van der Waals surface area contributed by atoms with Crippen molar-refractivity contribution in [2.24, 2.45) is 0 Å². The Labute approximate surface area is 91.1 Å². The van der Waals surface area contributed by atoms with Gasteiger partial charge in [0.05, 0.1) is 0 Å². The summed E-state index contributed by atoms with van der Waals surface area (Å²) < 4.78 is 0. The SMILES string of the molecule is Pc1cc2ccccc2c2ccccc12. The Morgan fingerprint density at radius 3 is 2.07 bits per heavy atom. The van der Waals surface area contributed by atoms with E-state index < -0.39 is 0 Å². The normalized spacial score (nSPS) is 11.0. The smallest absolute Gasteiger partial charge is 0.00992 e. The lowest BCUT2D eigenvalue weighted by molar-refractivity contribution is 1.79. The Morgan fingerprint density at radius 1 is 0.667 bits per heavy atom. The highest BCUT2D eigenvalue weighted by atomic mass is 31.0. The molecule has 1 atom stereocenters. The van der Waals surface area contributed by atoms with Crippen LogP contribution in [0.1, 0.15) is 0 Å². The van der Waals surface area contributed by atoms with E-state index in [9.17, 15) is 0 Å². The third kappa shape index (κ3) is 1.33. The van der Waals surface area contributed by atoms with Crippen LogP contribution in [0.2, 0.25) is 0 Å². The topological polar surface area (TPSA) is 0 Å². The Hall–Kier alpha value is -1.39. The number of rotatable bonds is 0. The zero-order chi connectivity index (χ0) is 10.3. The highest BCUT2D eigenvalue weighted by molar-refractivity contribution is 7.28. The second kappa shape index (κ2) is 3.32. The molecule has 0 saturated heterocycles. The summed E-state index contributed by atoms with van der Waals surface area (Å²) in [5.41, 5.74) is 0. The minimum atomic E-state index is 1.27. The van der Waals surface area contributed by atoms with E-state index in [1.807, 2.05) is 0 Å². The summed E-state index contributed by atoms with van der Waals surface area (Å²) in [4.78, 5) is 0. The van der Waals surface area contributed by atoms with E-state index in [0.717, 1.165) is 0 Å². The molecule has 0 bridgehead atoms. The van der Waals surface area contributed by atoms with Gasteiger partial charge in [-0.2, -0.15) is 0 Å². The van der Waals surface area contributed by atoms with Gasteiger partial charge in [-0.05, 0) is 32.9 Å². The summed E-state index contributed by atoms with van der Waals surface area (Å²) in [6.45, 7) is 0. The maximum absolute atomic E-state index is 2.82. The molecule has 0 heterocycles. The summed E-state index contributed by atoms with van der Waals surface area (Å²) >= 11 is 0. The first-order valence-corrected chi connectivity index (χ1v) is 5.60. The third-order valence-electron chi connectivity index (χ3n) is 2.80. The molecule has 0 aliphatic carbocycles. The Bertz CT molecular complexity index is 641. The van der Waals surface area contributed by atoms with Gasteiger partial charge in [0.15, 0.2) is 0 Å². The molecule has 0 aliphatic heterocycles. The van der Waals surface area contributed by atoms with Crippen LogP contribution in [0.3, 0.4) is 0 Å². The Morgan fingerprint density at radius 2 is 1.27 bits per heavy atom. The number of hydrogen-bond acceptors (Lipinski definition) is 0. The van der Waals surface area contributed by atoms with Crippen molar-refractivity contribution in [3.8, 4) is 0 Å². The van der Waals surface area contributed by atoms with Crippen LogP contribution in [0.4, 0.5) is 0 Å². The fraction of sp³-hybridized carbons (Fsp3) is 0. The highest BCUT2D eigenvalue weighted by Gasteiger charge is 2.01. The van der Waals surface area contributed by atoms with Crippen LogP contribution < -0.4 is 5.30 Å². The molecular weight excluding hydrogens is 199 g/mol. The zero-order valence-electron chi connectivity index (χ0n) is 8.27. The molecule has 0 saturated carbocycles. The fourth-order valence-corrected chi connectivity index (χ4v) is 2.51. The Kier molecular flexibility index (Phi) is 1.97. The van der Waals surface area contributed by atoms with E-state index in [-0.39, 0.29) is 0 Å². The number of benzene rings is 3. The monoisotopic (exact) mass is 210 g/mol. The average Bonchev–Trinajstić information content (AvgIpc) is 2.30. The average molecular weight is 210 g/mol. The molecule has 15 heavy (non-hydrogen) atoms. The standard InChI is InChI=1S/C14H11P/c15-14-9-10-5-1-2-6-11(10)12-7-3-4-8-13(12)14/h1-9H,15H2. The van der Waals surface area contributed by atoms with E-state index in [0.29, 0.717) is 0 Å². The van der Waals surface area contributed by atoms with Gasteiger partial charge in [-0.3, -0.25) is 0 Å².